The van der Waals surface area contributed by atoms with Gasteiger partial charge in [0.05, 0.1) is 0 Å². The molecule has 1 atom stereocenters. The van der Waals surface area contributed by atoms with Gasteiger partial charge >= 0.3 is 5.97 Å². The van der Waals surface area contributed by atoms with Gasteiger partial charge < -0.3 is 14.6 Å². The Morgan fingerprint density at radius 2 is 1.52 bits per heavy atom. The molecule has 0 aliphatic rings. The Kier molecular flexibility index (Phi) is 6.32. The smallest absolute Gasteiger partial charge is 0.323 e. The summed E-state index contributed by atoms with van der Waals surface area (Å²) in [4.78, 5) is 22.9. The molecule has 1 unspecified atom stereocenters. The lowest BCUT2D eigenvalue weighted by atomic mass is 10.1. The quantitative estimate of drug-likeness (QED) is 0.737. The maximum atomic E-state index is 12.1. The Labute approximate surface area is 134 Å². The number of benzene rings is 2. The van der Waals surface area contributed by atoms with Crippen LogP contribution in [-0.4, -0.2) is 18.0 Å². The summed E-state index contributed by atoms with van der Waals surface area (Å²) in [6, 6.07) is 17.7. The van der Waals surface area contributed by atoms with E-state index in [9.17, 15) is 14.7 Å². The van der Waals surface area contributed by atoms with E-state index in [1.807, 2.05) is 60.7 Å². The molecule has 120 valence electrons. The zero-order chi connectivity index (χ0) is 16.5. The highest BCUT2D eigenvalue weighted by atomic mass is 16.5. The van der Waals surface area contributed by atoms with E-state index in [0.717, 1.165) is 11.1 Å². The van der Waals surface area contributed by atoms with Gasteiger partial charge in [-0.25, -0.2) is 0 Å². The maximum Gasteiger partial charge on any atom is 0.323 e. The lowest BCUT2D eigenvalue weighted by Gasteiger charge is -2.18. The molecule has 0 heterocycles. The summed E-state index contributed by atoms with van der Waals surface area (Å²) in [7, 11) is 0. The van der Waals surface area contributed by atoms with Gasteiger partial charge in [-0.1, -0.05) is 60.7 Å². The zero-order valence-corrected chi connectivity index (χ0v) is 12.6. The fourth-order valence-corrected chi connectivity index (χ4v) is 2.07. The first-order valence-corrected chi connectivity index (χ1v) is 7.33. The topological polar surface area (TPSA) is 78.5 Å². The Bertz CT molecular complexity index is 628. The third kappa shape index (κ3) is 5.92. The van der Waals surface area contributed by atoms with Crippen molar-refractivity contribution in [2.24, 2.45) is 0 Å². The molecule has 2 aromatic carbocycles. The second-order valence-corrected chi connectivity index (χ2v) is 5.09. The first-order valence-electron chi connectivity index (χ1n) is 7.33. The number of hydrogen-bond acceptors (Lipinski definition) is 5. The number of carboxylic acid groups (broad SMARTS) is 1. The predicted octanol–water partition coefficient (Wildman–Crippen LogP) is 1.03. The normalized spacial score (nSPS) is 11.7. The molecule has 0 aromatic heterocycles. The van der Waals surface area contributed by atoms with E-state index < -0.39 is 24.4 Å². The van der Waals surface area contributed by atoms with Crippen LogP contribution in [0.5, 0.6) is 0 Å². The number of ether oxygens (including phenoxy) is 1. The minimum atomic E-state index is -1.30. The maximum absolute atomic E-state index is 12.1. The zero-order valence-electron chi connectivity index (χ0n) is 12.6. The highest BCUT2D eigenvalue weighted by molar-refractivity contribution is 5.81. The molecule has 0 fully saturated rings. The fourth-order valence-electron chi connectivity index (χ4n) is 2.07. The van der Waals surface area contributed by atoms with Crippen molar-refractivity contribution in [2.75, 3.05) is 0 Å². The summed E-state index contributed by atoms with van der Waals surface area (Å²) in [5.41, 5.74) is 1.79. The molecule has 1 N–H and O–H groups in total. The van der Waals surface area contributed by atoms with E-state index >= 15 is 0 Å². The van der Waals surface area contributed by atoms with Crippen LogP contribution >= 0.6 is 0 Å². The SMILES string of the molecule is O=C([O-])CC(NCc1ccccc1)C(=O)OCc1ccccc1. The molecule has 2 rings (SSSR count). The first-order chi connectivity index (χ1) is 11.1. The Balaban J connectivity index is 1.91. The van der Waals surface area contributed by atoms with Crippen LogP contribution in [0, 0.1) is 0 Å². The van der Waals surface area contributed by atoms with Crippen molar-refractivity contribution in [2.45, 2.75) is 25.6 Å². The molecule has 0 amide bonds. The number of rotatable bonds is 8. The van der Waals surface area contributed by atoms with E-state index in [-0.39, 0.29) is 6.61 Å². The summed E-state index contributed by atoms with van der Waals surface area (Å²) in [5, 5.41) is 13.7. The van der Waals surface area contributed by atoms with Gasteiger partial charge in [-0.2, -0.15) is 0 Å². The van der Waals surface area contributed by atoms with Crippen LogP contribution in [-0.2, 0) is 27.5 Å². The van der Waals surface area contributed by atoms with Gasteiger partial charge in [-0.3, -0.25) is 10.1 Å². The molecule has 0 saturated carbocycles. The highest BCUT2D eigenvalue weighted by Crippen LogP contribution is 2.05. The van der Waals surface area contributed by atoms with Crippen molar-refractivity contribution in [3.8, 4) is 0 Å². The molecule has 23 heavy (non-hydrogen) atoms. The van der Waals surface area contributed by atoms with Crippen molar-refractivity contribution >= 4 is 11.9 Å². The van der Waals surface area contributed by atoms with Crippen molar-refractivity contribution < 1.29 is 19.4 Å². The Morgan fingerprint density at radius 3 is 2.09 bits per heavy atom. The minimum absolute atomic E-state index is 0.107. The summed E-state index contributed by atoms with van der Waals surface area (Å²) >= 11 is 0. The van der Waals surface area contributed by atoms with Crippen molar-refractivity contribution in [3.63, 3.8) is 0 Å². The largest absolute Gasteiger partial charge is 0.550 e. The number of hydrogen-bond donors (Lipinski definition) is 1. The Morgan fingerprint density at radius 1 is 0.957 bits per heavy atom. The van der Waals surface area contributed by atoms with Crippen LogP contribution in [0.25, 0.3) is 0 Å². The monoisotopic (exact) mass is 312 g/mol. The van der Waals surface area contributed by atoms with Crippen LogP contribution in [0.2, 0.25) is 0 Å². The van der Waals surface area contributed by atoms with Crippen LogP contribution in [0.15, 0.2) is 60.7 Å². The average Bonchev–Trinajstić information content (AvgIpc) is 2.58. The Hall–Kier alpha value is -2.66. The van der Waals surface area contributed by atoms with Crippen LogP contribution in [0.1, 0.15) is 17.5 Å². The molecular formula is C18H18NO4-. The van der Waals surface area contributed by atoms with E-state index in [2.05, 4.69) is 5.32 Å². The van der Waals surface area contributed by atoms with Crippen LogP contribution in [0.4, 0.5) is 0 Å². The van der Waals surface area contributed by atoms with E-state index in [4.69, 9.17) is 4.74 Å². The number of esters is 1. The van der Waals surface area contributed by atoms with E-state index in [1.165, 1.54) is 0 Å². The number of aliphatic carboxylic acids is 1. The lowest BCUT2D eigenvalue weighted by molar-refractivity contribution is -0.306. The fraction of sp³-hybridized carbons (Fsp3) is 0.222. The molecule has 0 spiro atoms. The van der Waals surface area contributed by atoms with Gasteiger partial charge in [0.25, 0.3) is 0 Å². The van der Waals surface area contributed by atoms with Gasteiger partial charge in [-0.15, -0.1) is 0 Å². The lowest BCUT2D eigenvalue weighted by Crippen LogP contribution is -2.42. The average molecular weight is 312 g/mol. The van der Waals surface area contributed by atoms with Gasteiger partial charge in [0.1, 0.15) is 12.6 Å². The number of carbonyl (C=O) groups is 2. The molecule has 0 aliphatic carbocycles. The predicted molar refractivity (Wildman–Crippen MR) is 82.9 cm³/mol. The second kappa shape index (κ2) is 8.70. The summed E-state index contributed by atoms with van der Waals surface area (Å²) in [6.45, 7) is 0.482. The molecule has 0 aliphatic heterocycles. The highest BCUT2D eigenvalue weighted by Gasteiger charge is 2.20. The number of carbonyl (C=O) groups excluding carboxylic acids is 2. The minimum Gasteiger partial charge on any atom is -0.550 e. The van der Waals surface area contributed by atoms with E-state index in [0.29, 0.717) is 6.54 Å². The first kappa shape index (κ1) is 16.7. The molecule has 5 nitrogen and oxygen atoms in total. The van der Waals surface area contributed by atoms with Crippen molar-refractivity contribution in [1.29, 1.82) is 0 Å². The van der Waals surface area contributed by atoms with Crippen molar-refractivity contribution in [3.05, 3.63) is 71.8 Å². The third-order valence-corrected chi connectivity index (χ3v) is 3.27. The molecule has 0 radical (unpaired) electrons. The van der Waals surface area contributed by atoms with Crippen LogP contribution < -0.4 is 10.4 Å². The molecule has 0 bridgehead atoms. The summed E-state index contributed by atoms with van der Waals surface area (Å²) in [6.07, 6.45) is -0.430. The molecule has 0 saturated heterocycles. The van der Waals surface area contributed by atoms with Gasteiger partial charge in [0.2, 0.25) is 0 Å². The van der Waals surface area contributed by atoms with Gasteiger partial charge in [0, 0.05) is 18.9 Å². The standard InChI is InChI=1S/C18H19NO4/c20-17(21)11-16(19-12-14-7-3-1-4-8-14)18(22)23-13-15-9-5-2-6-10-15/h1-10,16,19H,11-13H2,(H,20,21)/p-1. The number of carboxylic acids is 1. The number of nitrogens with one attached hydrogen (secondary N) is 1. The molecule has 5 heteroatoms. The summed E-state index contributed by atoms with van der Waals surface area (Å²) < 4.78 is 5.19. The van der Waals surface area contributed by atoms with E-state index in [1.54, 1.807) is 0 Å². The second-order valence-electron chi connectivity index (χ2n) is 5.09. The van der Waals surface area contributed by atoms with Gasteiger partial charge in [0.15, 0.2) is 0 Å². The summed E-state index contributed by atoms with van der Waals surface area (Å²) in [5.74, 6) is -1.90. The molecule has 2 aromatic rings. The van der Waals surface area contributed by atoms with Gasteiger partial charge in [-0.05, 0) is 11.1 Å². The molecular weight excluding hydrogens is 294 g/mol. The van der Waals surface area contributed by atoms with Crippen LogP contribution in [0.3, 0.4) is 0 Å². The third-order valence-electron chi connectivity index (χ3n) is 3.27. The van der Waals surface area contributed by atoms with Crippen molar-refractivity contribution in [1.82, 2.24) is 5.32 Å².